The number of hydrogen-bond donors (Lipinski definition) is 1. The number of benzene rings is 2. The van der Waals surface area contributed by atoms with Gasteiger partial charge in [-0.3, -0.25) is 10.1 Å². The molecule has 0 radical (unpaired) electrons. The van der Waals surface area contributed by atoms with Gasteiger partial charge >= 0.3 is 6.01 Å². The van der Waals surface area contributed by atoms with Crippen molar-refractivity contribution < 1.29 is 17.6 Å². The molecule has 1 aromatic heterocycles. The maximum Gasteiger partial charge on any atom is 0.322 e. The zero-order valence-corrected chi connectivity index (χ0v) is 15.4. The molecule has 1 amide bonds. The smallest absolute Gasteiger partial charge is 0.322 e. The van der Waals surface area contributed by atoms with Gasteiger partial charge in [0.15, 0.2) is 9.84 Å². The molecule has 3 rings (SSSR count). The van der Waals surface area contributed by atoms with Crippen molar-refractivity contribution in [1.82, 2.24) is 10.2 Å². The monoisotopic (exact) mass is 389 g/mol. The number of rotatable bonds is 6. The molecule has 0 aliphatic rings. The summed E-state index contributed by atoms with van der Waals surface area (Å²) >= 11 is 1.61. The Morgan fingerprint density at radius 2 is 1.77 bits per heavy atom. The molecule has 3 aromatic rings. The Bertz CT molecular complexity index is 1000. The number of carbonyl (C=O) groups excluding carboxylic acids is 1. The van der Waals surface area contributed by atoms with Gasteiger partial charge in [-0.1, -0.05) is 23.3 Å². The summed E-state index contributed by atoms with van der Waals surface area (Å²) in [5.41, 5.74) is 0.702. The fourth-order valence-corrected chi connectivity index (χ4v) is 3.73. The predicted octanol–water partition coefficient (Wildman–Crippen LogP) is 2.87. The van der Waals surface area contributed by atoms with Gasteiger partial charge in [0.1, 0.15) is 5.75 Å². The van der Waals surface area contributed by atoms with Gasteiger partial charge in [-0.15, -0.1) is 16.9 Å². The Hall–Kier alpha value is -2.65. The molecule has 0 fully saturated rings. The molecule has 7 nitrogen and oxygen atoms in total. The van der Waals surface area contributed by atoms with E-state index in [0.29, 0.717) is 5.56 Å². The van der Waals surface area contributed by atoms with E-state index in [4.69, 9.17) is 4.42 Å². The first-order valence-electron chi connectivity index (χ1n) is 7.53. The highest BCUT2D eigenvalue weighted by atomic mass is 32.2. The maximum absolute atomic E-state index is 12.2. The van der Waals surface area contributed by atoms with Crippen molar-refractivity contribution in [3.8, 4) is 11.5 Å². The van der Waals surface area contributed by atoms with Gasteiger partial charge in [0.25, 0.3) is 0 Å². The third kappa shape index (κ3) is 4.30. The lowest BCUT2D eigenvalue weighted by atomic mass is 10.2. The second kappa shape index (κ2) is 7.71. The molecule has 26 heavy (non-hydrogen) atoms. The zero-order chi connectivity index (χ0) is 18.6. The second-order valence-corrected chi connectivity index (χ2v) is 8.13. The van der Waals surface area contributed by atoms with Crippen molar-refractivity contribution >= 4 is 33.5 Å². The lowest BCUT2D eigenvalue weighted by Crippen LogP contribution is -2.23. The minimum Gasteiger partial charge on any atom is -0.403 e. The molecule has 0 saturated heterocycles. The molecular weight excluding hydrogens is 374 g/mol. The third-order valence-corrected chi connectivity index (χ3v) is 5.81. The highest BCUT2D eigenvalue weighted by molar-refractivity contribution is 7.98. The summed E-state index contributed by atoms with van der Waals surface area (Å²) < 4.78 is 29.8. The average molecular weight is 389 g/mol. The average Bonchev–Trinajstić information content (AvgIpc) is 3.10. The summed E-state index contributed by atoms with van der Waals surface area (Å²) in [5, 5.41) is 9.91. The lowest BCUT2D eigenvalue weighted by Gasteiger charge is -2.03. The highest BCUT2D eigenvalue weighted by Crippen LogP contribution is 2.23. The van der Waals surface area contributed by atoms with Crippen LogP contribution >= 0.6 is 11.8 Å². The number of nitrogens with zero attached hydrogens (tertiary/aromatic N) is 2. The van der Waals surface area contributed by atoms with Crippen LogP contribution < -0.4 is 5.32 Å². The number of anilines is 1. The summed E-state index contributed by atoms with van der Waals surface area (Å²) in [7, 11) is -3.74. The Balaban J connectivity index is 1.68. The Kier molecular flexibility index (Phi) is 5.38. The van der Waals surface area contributed by atoms with E-state index in [2.05, 4.69) is 15.5 Å². The maximum atomic E-state index is 12.2. The Morgan fingerprint density at radius 3 is 2.42 bits per heavy atom. The standard InChI is InChI=1S/C17H15N3O4S2/c1-25-13-9-7-12(8-10-13)16-19-20-17(24-16)18-15(21)11-26(22,23)14-5-3-2-4-6-14/h2-10H,11H2,1H3,(H,18,20,21). The summed E-state index contributed by atoms with van der Waals surface area (Å²) in [5.74, 6) is -1.22. The van der Waals surface area contributed by atoms with E-state index in [0.717, 1.165) is 4.90 Å². The van der Waals surface area contributed by atoms with Crippen molar-refractivity contribution in [3.05, 3.63) is 54.6 Å². The number of amides is 1. The molecule has 0 aliphatic carbocycles. The van der Waals surface area contributed by atoms with E-state index >= 15 is 0 Å². The van der Waals surface area contributed by atoms with E-state index in [1.165, 1.54) is 12.1 Å². The number of thioether (sulfide) groups is 1. The Morgan fingerprint density at radius 1 is 1.08 bits per heavy atom. The van der Waals surface area contributed by atoms with E-state index in [1.807, 2.05) is 30.5 Å². The van der Waals surface area contributed by atoms with Crippen molar-refractivity contribution in [2.24, 2.45) is 0 Å². The summed E-state index contributed by atoms with van der Waals surface area (Å²) in [6, 6.07) is 15.1. The lowest BCUT2D eigenvalue weighted by molar-refractivity contribution is -0.114. The summed E-state index contributed by atoms with van der Waals surface area (Å²) in [4.78, 5) is 13.2. The van der Waals surface area contributed by atoms with Gasteiger partial charge in [0, 0.05) is 10.5 Å². The predicted molar refractivity (Wildman–Crippen MR) is 98.6 cm³/mol. The van der Waals surface area contributed by atoms with Crippen LogP contribution in [0.2, 0.25) is 0 Å². The molecule has 1 N–H and O–H groups in total. The number of hydrogen-bond acceptors (Lipinski definition) is 7. The Labute approximate surface area is 154 Å². The fraction of sp³-hybridized carbons (Fsp3) is 0.118. The van der Waals surface area contributed by atoms with Gasteiger partial charge in [-0.25, -0.2) is 8.42 Å². The van der Waals surface area contributed by atoms with Crippen LogP contribution in [0, 0.1) is 0 Å². The quantitative estimate of drug-likeness (QED) is 0.647. The number of aromatic nitrogens is 2. The van der Waals surface area contributed by atoms with Crippen molar-refractivity contribution in [2.75, 3.05) is 17.3 Å². The zero-order valence-electron chi connectivity index (χ0n) is 13.7. The second-order valence-electron chi connectivity index (χ2n) is 5.26. The molecular formula is C17H15N3O4S2. The normalized spacial score (nSPS) is 11.3. The summed E-state index contributed by atoms with van der Waals surface area (Å²) in [6.07, 6.45) is 1.97. The van der Waals surface area contributed by atoms with Gasteiger partial charge in [0.05, 0.1) is 4.90 Å². The highest BCUT2D eigenvalue weighted by Gasteiger charge is 2.20. The molecule has 0 aliphatic heterocycles. The molecule has 134 valence electrons. The number of sulfone groups is 1. The van der Waals surface area contributed by atoms with Crippen molar-refractivity contribution in [1.29, 1.82) is 0 Å². The molecule has 0 saturated carbocycles. The molecule has 2 aromatic carbocycles. The SMILES string of the molecule is CSc1ccc(-c2nnc(NC(=O)CS(=O)(=O)c3ccccc3)o2)cc1. The summed E-state index contributed by atoms with van der Waals surface area (Å²) in [6.45, 7) is 0. The molecule has 9 heteroatoms. The van der Waals surface area contributed by atoms with Crippen LogP contribution in [0.4, 0.5) is 6.01 Å². The van der Waals surface area contributed by atoms with Crippen LogP contribution in [0.5, 0.6) is 0 Å². The molecule has 0 unspecified atom stereocenters. The van der Waals surface area contributed by atoms with E-state index < -0.39 is 21.5 Å². The topological polar surface area (TPSA) is 102 Å². The van der Waals surface area contributed by atoms with Crippen LogP contribution in [-0.2, 0) is 14.6 Å². The van der Waals surface area contributed by atoms with E-state index in [1.54, 1.807) is 30.0 Å². The third-order valence-electron chi connectivity index (χ3n) is 3.43. The first-order chi connectivity index (χ1) is 12.5. The van der Waals surface area contributed by atoms with Gasteiger partial charge in [-0.05, 0) is 42.7 Å². The van der Waals surface area contributed by atoms with Gasteiger partial charge < -0.3 is 4.42 Å². The van der Waals surface area contributed by atoms with E-state index in [-0.39, 0.29) is 16.8 Å². The molecule has 0 bridgehead atoms. The first kappa shape index (κ1) is 18.2. The minimum absolute atomic E-state index is 0.0789. The molecule has 0 spiro atoms. The van der Waals surface area contributed by atoms with Crippen LogP contribution in [0.3, 0.4) is 0 Å². The molecule has 0 atom stereocenters. The van der Waals surface area contributed by atoms with Crippen LogP contribution in [0.15, 0.2) is 68.8 Å². The number of nitrogens with one attached hydrogen (secondary N) is 1. The fourth-order valence-electron chi connectivity index (χ4n) is 2.16. The van der Waals surface area contributed by atoms with Crippen LogP contribution in [0.25, 0.3) is 11.5 Å². The van der Waals surface area contributed by atoms with E-state index in [9.17, 15) is 13.2 Å². The largest absolute Gasteiger partial charge is 0.403 e. The van der Waals surface area contributed by atoms with Gasteiger partial charge in [-0.2, -0.15) is 0 Å². The van der Waals surface area contributed by atoms with Crippen LogP contribution in [0.1, 0.15) is 0 Å². The van der Waals surface area contributed by atoms with Crippen LogP contribution in [-0.4, -0.2) is 36.5 Å². The first-order valence-corrected chi connectivity index (χ1v) is 10.4. The van der Waals surface area contributed by atoms with Gasteiger partial charge in [0.2, 0.25) is 11.8 Å². The number of carbonyl (C=O) groups is 1. The van der Waals surface area contributed by atoms with Crippen molar-refractivity contribution in [2.45, 2.75) is 9.79 Å². The minimum atomic E-state index is -3.74. The van der Waals surface area contributed by atoms with Crippen molar-refractivity contribution in [3.63, 3.8) is 0 Å². The molecule has 1 heterocycles.